The van der Waals surface area contributed by atoms with Crippen molar-refractivity contribution >= 4 is 37.9 Å². The molecule has 0 saturated heterocycles. The van der Waals surface area contributed by atoms with Crippen LogP contribution in [0.4, 0.5) is 5.69 Å². The fraction of sp³-hybridized carbons (Fsp3) is 0.200. The number of nitrogens with one attached hydrogen (secondary N) is 1. The summed E-state index contributed by atoms with van der Waals surface area (Å²) >= 11 is 1.81. The predicted molar refractivity (Wildman–Crippen MR) is 78.1 cm³/mol. The van der Waals surface area contributed by atoms with E-state index >= 15 is 0 Å². The van der Waals surface area contributed by atoms with Crippen LogP contribution in [-0.2, 0) is 0 Å². The largest absolute Gasteiger partial charge is 0.385 e. The van der Waals surface area contributed by atoms with Gasteiger partial charge in [-0.2, -0.15) is 0 Å². The van der Waals surface area contributed by atoms with Gasteiger partial charge < -0.3 is 5.32 Å². The highest BCUT2D eigenvalue weighted by Crippen LogP contribution is 2.28. The van der Waals surface area contributed by atoms with Crippen LogP contribution in [0, 0.1) is 0 Å². The van der Waals surface area contributed by atoms with Crippen molar-refractivity contribution in [2.75, 3.05) is 11.9 Å². The minimum absolute atomic E-state index is 1.03. The number of rotatable bonds is 3. The van der Waals surface area contributed by atoms with Crippen molar-refractivity contribution in [1.29, 1.82) is 0 Å². The lowest BCUT2D eigenvalue weighted by atomic mass is 10.1. The molecule has 3 aromatic rings. The van der Waals surface area contributed by atoms with Crippen LogP contribution < -0.4 is 5.32 Å². The van der Waals surface area contributed by atoms with E-state index in [-0.39, 0.29) is 0 Å². The van der Waals surface area contributed by atoms with E-state index in [0.29, 0.717) is 0 Å². The summed E-state index contributed by atoms with van der Waals surface area (Å²) in [6.45, 7) is 3.22. The predicted octanol–water partition coefficient (Wildman–Crippen LogP) is 4.88. The summed E-state index contributed by atoms with van der Waals surface area (Å²) in [5, 5.41) is 9.57. The Morgan fingerprint density at radius 1 is 1.00 bits per heavy atom. The summed E-state index contributed by atoms with van der Waals surface area (Å²) in [6, 6.07) is 13.3. The maximum atomic E-state index is 3.43. The first-order chi connectivity index (χ1) is 8.36. The summed E-state index contributed by atoms with van der Waals surface area (Å²) in [4.78, 5) is 0. The zero-order valence-corrected chi connectivity index (χ0v) is 10.7. The fourth-order valence-corrected chi connectivity index (χ4v) is 2.91. The summed E-state index contributed by atoms with van der Waals surface area (Å²) < 4.78 is 1.37. The molecule has 0 aliphatic carbocycles. The number of hydrogen-bond acceptors (Lipinski definition) is 2. The molecule has 0 saturated carbocycles. The van der Waals surface area contributed by atoms with Crippen molar-refractivity contribution in [1.82, 2.24) is 0 Å². The van der Waals surface area contributed by atoms with Crippen LogP contribution in [0.3, 0.4) is 0 Å². The molecule has 1 heterocycles. The van der Waals surface area contributed by atoms with E-state index in [1.54, 1.807) is 11.3 Å². The van der Waals surface area contributed by atoms with Crippen LogP contribution in [0.1, 0.15) is 13.3 Å². The van der Waals surface area contributed by atoms with E-state index in [1.165, 1.54) is 26.5 Å². The minimum Gasteiger partial charge on any atom is -0.385 e. The molecule has 2 aromatic carbocycles. The Labute approximate surface area is 105 Å². The monoisotopic (exact) mass is 241 g/mol. The molecule has 1 nitrogen and oxygen atoms in total. The third-order valence-corrected chi connectivity index (χ3v) is 3.87. The van der Waals surface area contributed by atoms with Gasteiger partial charge in [0.1, 0.15) is 0 Å². The maximum absolute atomic E-state index is 3.43. The lowest BCUT2D eigenvalue weighted by Crippen LogP contribution is -1.98. The van der Waals surface area contributed by atoms with Crippen LogP contribution >= 0.6 is 11.3 Å². The molecule has 0 spiro atoms. The minimum atomic E-state index is 1.03. The Hall–Kier alpha value is -1.54. The maximum Gasteiger partial charge on any atom is 0.0349 e. The van der Waals surface area contributed by atoms with Gasteiger partial charge in [0.25, 0.3) is 0 Å². The standard InChI is InChI=1S/C15H15NS/c1-2-6-16-14-4-3-11-8-12-5-7-17-15(12)10-13(11)9-14/h3-5,7-10,16H,2,6H2,1H3. The molecule has 0 radical (unpaired) electrons. The molecule has 0 aliphatic rings. The first kappa shape index (κ1) is 10.6. The van der Waals surface area contributed by atoms with Crippen molar-refractivity contribution in [3.05, 3.63) is 41.8 Å². The van der Waals surface area contributed by atoms with Gasteiger partial charge in [0.05, 0.1) is 0 Å². The van der Waals surface area contributed by atoms with Gasteiger partial charge in [-0.1, -0.05) is 13.0 Å². The SMILES string of the molecule is CCCNc1ccc2cc3ccsc3cc2c1. The molecular formula is C15H15NS. The highest BCUT2D eigenvalue weighted by atomic mass is 32.1. The van der Waals surface area contributed by atoms with E-state index in [2.05, 4.69) is 54.0 Å². The zero-order valence-electron chi connectivity index (χ0n) is 9.86. The van der Waals surface area contributed by atoms with Gasteiger partial charge in [-0.05, 0) is 58.3 Å². The van der Waals surface area contributed by atoms with Crippen LogP contribution in [0.2, 0.25) is 0 Å². The average molecular weight is 241 g/mol. The summed E-state index contributed by atoms with van der Waals surface area (Å²) in [7, 11) is 0. The van der Waals surface area contributed by atoms with Crippen LogP contribution in [0.25, 0.3) is 20.9 Å². The molecular weight excluding hydrogens is 226 g/mol. The van der Waals surface area contributed by atoms with E-state index < -0.39 is 0 Å². The van der Waals surface area contributed by atoms with E-state index in [0.717, 1.165) is 13.0 Å². The molecule has 0 fully saturated rings. The van der Waals surface area contributed by atoms with Crippen molar-refractivity contribution in [3.63, 3.8) is 0 Å². The molecule has 0 amide bonds. The van der Waals surface area contributed by atoms with Crippen molar-refractivity contribution < 1.29 is 0 Å². The fourth-order valence-electron chi connectivity index (χ4n) is 2.09. The second-order valence-electron chi connectivity index (χ2n) is 4.30. The second kappa shape index (κ2) is 4.38. The smallest absolute Gasteiger partial charge is 0.0349 e. The quantitative estimate of drug-likeness (QED) is 0.689. The Morgan fingerprint density at radius 2 is 1.94 bits per heavy atom. The Bertz CT molecular complexity index is 654. The third kappa shape index (κ3) is 2.01. The van der Waals surface area contributed by atoms with Gasteiger partial charge in [-0.25, -0.2) is 0 Å². The normalized spacial score (nSPS) is 11.1. The number of thiophene rings is 1. The van der Waals surface area contributed by atoms with Crippen LogP contribution in [-0.4, -0.2) is 6.54 Å². The van der Waals surface area contributed by atoms with Gasteiger partial charge in [0.15, 0.2) is 0 Å². The molecule has 0 atom stereocenters. The van der Waals surface area contributed by atoms with Crippen molar-refractivity contribution in [2.45, 2.75) is 13.3 Å². The molecule has 0 bridgehead atoms. The molecule has 2 heteroatoms. The Morgan fingerprint density at radius 3 is 2.82 bits per heavy atom. The number of anilines is 1. The highest BCUT2D eigenvalue weighted by Gasteiger charge is 2.00. The zero-order chi connectivity index (χ0) is 11.7. The van der Waals surface area contributed by atoms with Crippen LogP contribution in [0.15, 0.2) is 41.8 Å². The molecule has 0 unspecified atom stereocenters. The first-order valence-electron chi connectivity index (χ1n) is 6.02. The highest BCUT2D eigenvalue weighted by molar-refractivity contribution is 7.17. The van der Waals surface area contributed by atoms with Crippen LogP contribution in [0.5, 0.6) is 0 Å². The molecule has 3 rings (SSSR count). The van der Waals surface area contributed by atoms with Gasteiger partial charge in [-0.15, -0.1) is 11.3 Å². The van der Waals surface area contributed by atoms with Gasteiger partial charge in [0.2, 0.25) is 0 Å². The topological polar surface area (TPSA) is 12.0 Å². The van der Waals surface area contributed by atoms with Crippen molar-refractivity contribution in [3.8, 4) is 0 Å². The molecule has 86 valence electrons. The lowest BCUT2D eigenvalue weighted by molar-refractivity contribution is 0.980. The molecule has 0 aliphatic heterocycles. The molecule has 1 aromatic heterocycles. The number of hydrogen-bond donors (Lipinski definition) is 1. The summed E-state index contributed by atoms with van der Waals surface area (Å²) in [5.74, 6) is 0. The molecule has 17 heavy (non-hydrogen) atoms. The van der Waals surface area contributed by atoms with E-state index in [9.17, 15) is 0 Å². The third-order valence-electron chi connectivity index (χ3n) is 2.99. The van der Waals surface area contributed by atoms with Gasteiger partial charge in [0, 0.05) is 16.9 Å². The van der Waals surface area contributed by atoms with E-state index in [4.69, 9.17) is 0 Å². The average Bonchev–Trinajstić information content (AvgIpc) is 2.80. The number of fused-ring (bicyclic) bond motifs is 2. The summed E-state index contributed by atoms with van der Waals surface area (Å²) in [6.07, 6.45) is 1.15. The summed E-state index contributed by atoms with van der Waals surface area (Å²) in [5.41, 5.74) is 1.22. The lowest BCUT2D eigenvalue weighted by Gasteiger charge is -2.06. The molecule has 1 N–H and O–H groups in total. The Kier molecular flexibility index (Phi) is 2.73. The Balaban J connectivity index is 2.10. The first-order valence-corrected chi connectivity index (χ1v) is 6.89. The number of benzene rings is 2. The van der Waals surface area contributed by atoms with Gasteiger partial charge >= 0.3 is 0 Å². The van der Waals surface area contributed by atoms with Crippen molar-refractivity contribution in [2.24, 2.45) is 0 Å². The van der Waals surface area contributed by atoms with E-state index in [1.807, 2.05) is 0 Å². The second-order valence-corrected chi connectivity index (χ2v) is 5.25. The van der Waals surface area contributed by atoms with Gasteiger partial charge in [-0.3, -0.25) is 0 Å².